The van der Waals surface area contributed by atoms with Gasteiger partial charge in [-0.1, -0.05) is 12.1 Å². The first-order chi connectivity index (χ1) is 11.8. The molecule has 0 radical (unpaired) electrons. The molecule has 0 unspecified atom stereocenters. The number of hydrogen-bond donors (Lipinski definition) is 2. The van der Waals surface area contributed by atoms with E-state index in [0.29, 0.717) is 13.2 Å². The molecule has 0 aromatic heterocycles. The molecule has 144 valence electrons. The summed E-state index contributed by atoms with van der Waals surface area (Å²) in [5.41, 5.74) is 1.17. The highest BCUT2D eigenvalue weighted by atomic mass is 127. The van der Waals surface area contributed by atoms with Crippen molar-refractivity contribution in [2.24, 2.45) is 4.99 Å². The van der Waals surface area contributed by atoms with Gasteiger partial charge in [-0.3, -0.25) is 4.99 Å². The number of rotatable bonds is 12. The van der Waals surface area contributed by atoms with E-state index in [-0.39, 0.29) is 24.0 Å². The number of nitrogens with zero attached hydrogens (tertiary/aromatic N) is 1. The van der Waals surface area contributed by atoms with Gasteiger partial charge in [0, 0.05) is 40.5 Å². The van der Waals surface area contributed by atoms with Crippen LogP contribution in [0.1, 0.15) is 25.3 Å². The van der Waals surface area contributed by atoms with Gasteiger partial charge >= 0.3 is 0 Å². The number of benzene rings is 1. The molecule has 0 atom stereocenters. The van der Waals surface area contributed by atoms with Gasteiger partial charge in [0.1, 0.15) is 12.4 Å². The molecule has 0 aliphatic heterocycles. The molecule has 0 heterocycles. The number of nitrogens with one attached hydrogen (secondary N) is 2. The van der Waals surface area contributed by atoms with Gasteiger partial charge < -0.3 is 24.8 Å². The van der Waals surface area contributed by atoms with Crippen LogP contribution in [0.2, 0.25) is 0 Å². The maximum absolute atomic E-state index is 5.55. The topological polar surface area (TPSA) is 64.1 Å². The molecule has 1 rings (SSSR count). The Morgan fingerprint density at radius 3 is 2.44 bits per heavy atom. The molecular weight excluding hydrogens is 433 g/mol. The van der Waals surface area contributed by atoms with Crippen LogP contribution in [-0.4, -0.2) is 53.1 Å². The molecule has 0 saturated carbocycles. The number of hydrogen-bond acceptors (Lipinski definition) is 4. The lowest BCUT2D eigenvalue weighted by molar-refractivity contribution is 0.143. The van der Waals surface area contributed by atoms with E-state index in [1.165, 1.54) is 5.56 Å². The smallest absolute Gasteiger partial charge is 0.191 e. The Morgan fingerprint density at radius 1 is 1.04 bits per heavy atom. The van der Waals surface area contributed by atoms with E-state index in [0.717, 1.165) is 50.9 Å². The van der Waals surface area contributed by atoms with Crippen LogP contribution < -0.4 is 15.4 Å². The van der Waals surface area contributed by atoms with Crippen molar-refractivity contribution >= 4 is 29.9 Å². The first-order valence-electron chi connectivity index (χ1n) is 8.53. The fraction of sp³-hybridized carbons (Fsp3) is 0.611. The predicted octanol–water partition coefficient (Wildman–Crippen LogP) is 2.81. The van der Waals surface area contributed by atoms with Crippen LogP contribution in [0.15, 0.2) is 29.3 Å². The first-order valence-corrected chi connectivity index (χ1v) is 8.53. The Balaban J connectivity index is 0.00000576. The summed E-state index contributed by atoms with van der Waals surface area (Å²) in [5, 5.41) is 6.61. The third kappa shape index (κ3) is 12.0. The van der Waals surface area contributed by atoms with Crippen LogP contribution in [0.4, 0.5) is 0 Å². The van der Waals surface area contributed by atoms with Gasteiger partial charge in [-0.05, 0) is 37.5 Å². The summed E-state index contributed by atoms with van der Waals surface area (Å²) < 4.78 is 15.8. The minimum atomic E-state index is 0. The summed E-state index contributed by atoms with van der Waals surface area (Å²) >= 11 is 0. The summed E-state index contributed by atoms with van der Waals surface area (Å²) in [6.45, 7) is 6.39. The largest absolute Gasteiger partial charge is 0.491 e. The zero-order valence-corrected chi connectivity index (χ0v) is 17.9. The Hall–Kier alpha value is -1.06. The predicted molar refractivity (Wildman–Crippen MR) is 113 cm³/mol. The first kappa shape index (κ1) is 23.9. The van der Waals surface area contributed by atoms with E-state index in [1.807, 2.05) is 31.2 Å². The fourth-order valence-corrected chi connectivity index (χ4v) is 2.03. The fourth-order valence-electron chi connectivity index (χ4n) is 2.03. The quantitative estimate of drug-likeness (QED) is 0.215. The van der Waals surface area contributed by atoms with Gasteiger partial charge in [0.2, 0.25) is 0 Å². The zero-order valence-electron chi connectivity index (χ0n) is 15.5. The molecule has 0 bridgehead atoms. The van der Waals surface area contributed by atoms with Crippen LogP contribution in [0, 0.1) is 0 Å². The van der Waals surface area contributed by atoms with Crippen molar-refractivity contribution < 1.29 is 14.2 Å². The van der Waals surface area contributed by atoms with Crippen molar-refractivity contribution in [2.45, 2.75) is 26.3 Å². The van der Waals surface area contributed by atoms with Crippen LogP contribution >= 0.6 is 24.0 Å². The second-order valence-corrected chi connectivity index (χ2v) is 5.24. The second-order valence-electron chi connectivity index (χ2n) is 5.24. The number of unbranched alkanes of at least 4 members (excludes halogenated alkanes) is 1. The summed E-state index contributed by atoms with van der Waals surface area (Å²) in [6, 6.07) is 8.03. The van der Waals surface area contributed by atoms with E-state index in [9.17, 15) is 0 Å². The number of halogens is 1. The van der Waals surface area contributed by atoms with Crippen molar-refractivity contribution in [3.63, 3.8) is 0 Å². The molecule has 25 heavy (non-hydrogen) atoms. The third-order valence-electron chi connectivity index (χ3n) is 3.38. The SMILES string of the molecule is CCOCCCCNC(=NC)NCc1ccc(OCCOC)cc1.I. The number of aliphatic imine (C=N–C) groups is 1. The molecule has 1 aromatic rings. The third-order valence-corrected chi connectivity index (χ3v) is 3.38. The van der Waals surface area contributed by atoms with E-state index in [1.54, 1.807) is 14.2 Å². The van der Waals surface area contributed by atoms with Crippen molar-refractivity contribution in [3.8, 4) is 5.75 Å². The molecule has 1 aromatic carbocycles. The molecule has 0 fully saturated rings. The highest BCUT2D eigenvalue weighted by Crippen LogP contribution is 2.11. The highest BCUT2D eigenvalue weighted by Gasteiger charge is 1.99. The average Bonchev–Trinajstić information content (AvgIpc) is 2.62. The van der Waals surface area contributed by atoms with Crippen LogP contribution in [0.5, 0.6) is 5.75 Å². The maximum Gasteiger partial charge on any atom is 0.191 e. The number of ether oxygens (including phenoxy) is 3. The summed E-state index contributed by atoms with van der Waals surface area (Å²) in [5.74, 6) is 1.67. The van der Waals surface area contributed by atoms with Crippen LogP contribution in [0.3, 0.4) is 0 Å². The van der Waals surface area contributed by atoms with Gasteiger partial charge in [0.25, 0.3) is 0 Å². The minimum Gasteiger partial charge on any atom is -0.491 e. The van der Waals surface area contributed by atoms with E-state index in [4.69, 9.17) is 14.2 Å². The normalized spacial score (nSPS) is 10.9. The molecule has 0 amide bonds. The lowest BCUT2D eigenvalue weighted by atomic mass is 10.2. The van der Waals surface area contributed by atoms with Crippen molar-refractivity contribution in [1.29, 1.82) is 0 Å². The van der Waals surface area contributed by atoms with Gasteiger partial charge in [-0.15, -0.1) is 24.0 Å². The maximum atomic E-state index is 5.55. The Bertz CT molecular complexity index is 455. The van der Waals surface area contributed by atoms with Crippen molar-refractivity contribution in [3.05, 3.63) is 29.8 Å². The summed E-state index contributed by atoms with van der Waals surface area (Å²) in [4.78, 5) is 4.23. The number of guanidine groups is 1. The molecule has 0 aliphatic rings. The van der Waals surface area contributed by atoms with E-state index < -0.39 is 0 Å². The molecule has 0 aliphatic carbocycles. The second kappa shape index (κ2) is 16.4. The Morgan fingerprint density at radius 2 is 1.80 bits per heavy atom. The summed E-state index contributed by atoms with van der Waals surface area (Å²) in [7, 11) is 3.44. The molecule has 6 nitrogen and oxygen atoms in total. The van der Waals surface area contributed by atoms with Gasteiger partial charge in [-0.2, -0.15) is 0 Å². The molecule has 7 heteroatoms. The Labute approximate surface area is 168 Å². The standard InChI is InChI=1S/C18H31N3O3.HI/c1-4-23-12-6-5-11-20-18(19-2)21-15-16-7-9-17(10-8-16)24-14-13-22-3;/h7-10H,4-6,11-15H2,1-3H3,(H2,19,20,21);1H. The molecular formula is C18H32IN3O3. The van der Waals surface area contributed by atoms with Crippen molar-refractivity contribution in [1.82, 2.24) is 10.6 Å². The van der Waals surface area contributed by atoms with E-state index in [2.05, 4.69) is 15.6 Å². The zero-order chi connectivity index (χ0) is 17.5. The van der Waals surface area contributed by atoms with Gasteiger partial charge in [0.15, 0.2) is 5.96 Å². The number of methoxy groups -OCH3 is 1. The molecule has 0 saturated heterocycles. The van der Waals surface area contributed by atoms with Crippen molar-refractivity contribution in [2.75, 3.05) is 47.1 Å². The minimum absolute atomic E-state index is 0. The van der Waals surface area contributed by atoms with Crippen LogP contribution in [0.25, 0.3) is 0 Å². The lowest BCUT2D eigenvalue weighted by Crippen LogP contribution is -2.37. The van der Waals surface area contributed by atoms with E-state index >= 15 is 0 Å². The van der Waals surface area contributed by atoms with Gasteiger partial charge in [0.05, 0.1) is 6.61 Å². The molecule has 0 spiro atoms. The lowest BCUT2D eigenvalue weighted by Gasteiger charge is -2.12. The highest BCUT2D eigenvalue weighted by molar-refractivity contribution is 14.0. The summed E-state index contributed by atoms with van der Waals surface area (Å²) in [6.07, 6.45) is 2.12. The van der Waals surface area contributed by atoms with Gasteiger partial charge in [-0.25, -0.2) is 0 Å². The van der Waals surface area contributed by atoms with Crippen LogP contribution in [-0.2, 0) is 16.0 Å². The average molecular weight is 465 g/mol. The molecule has 2 N–H and O–H groups in total. The monoisotopic (exact) mass is 465 g/mol. The Kier molecular flexibility index (Phi) is 15.7.